The van der Waals surface area contributed by atoms with E-state index in [1.54, 1.807) is 6.20 Å². The second-order valence-corrected chi connectivity index (χ2v) is 2.91. The van der Waals surface area contributed by atoms with Gasteiger partial charge >= 0.3 is 0 Å². The van der Waals surface area contributed by atoms with Gasteiger partial charge in [-0.1, -0.05) is 36.4 Å². The van der Waals surface area contributed by atoms with E-state index in [4.69, 9.17) is 0 Å². The lowest BCUT2D eigenvalue weighted by atomic mass is 10.2. The fraction of sp³-hybridized carbons (Fsp3) is 0. The number of pyridine rings is 1. The molecule has 0 aliphatic rings. The van der Waals surface area contributed by atoms with Gasteiger partial charge in [0.1, 0.15) is 0 Å². The average Bonchev–Trinajstić information content (AvgIpc) is 2.29. The second kappa shape index (κ2) is 4.38. The number of hydrogen-bond donors (Lipinski definition) is 0. The largest absolute Gasteiger partial charge is 0.257 e. The summed E-state index contributed by atoms with van der Waals surface area (Å²) >= 11 is 0. The minimum Gasteiger partial charge on any atom is -0.257 e. The molecular weight excluding hydrogens is 170 g/mol. The summed E-state index contributed by atoms with van der Waals surface area (Å²) in [5.41, 5.74) is 2.03. The molecule has 0 spiro atoms. The predicted molar refractivity (Wildman–Crippen MR) is 58.4 cm³/mol. The summed E-state index contributed by atoms with van der Waals surface area (Å²) in [6, 6.07) is 16.8. The van der Waals surface area contributed by atoms with Gasteiger partial charge in [-0.3, -0.25) is 4.98 Å². The van der Waals surface area contributed by atoms with Gasteiger partial charge in [0.2, 0.25) is 0 Å². The Bertz CT molecular complexity index is 362. The van der Waals surface area contributed by atoms with E-state index in [2.05, 4.69) is 11.1 Å². The molecule has 1 nitrogen and oxygen atoms in total. The molecule has 1 aromatic carbocycles. The third-order valence-electron chi connectivity index (χ3n) is 1.85. The smallest absolute Gasteiger partial charge is 0.0629 e. The first-order valence-corrected chi connectivity index (χ1v) is 4.51. The fourth-order valence-corrected chi connectivity index (χ4v) is 1.16. The first-order valence-electron chi connectivity index (χ1n) is 4.51. The topological polar surface area (TPSA) is 12.9 Å². The summed E-state index contributed by atoms with van der Waals surface area (Å²) in [6.45, 7) is 0. The van der Waals surface area contributed by atoms with Crippen molar-refractivity contribution in [1.29, 1.82) is 0 Å². The van der Waals surface area contributed by atoms with Crippen LogP contribution in [0.3, 0.4) is 0 Å². The molecule has 0 fully saturated rings. The molecule has 1 heteroatoms. The zero-order chi connectivity index (χ0) is 9.64. The highest BCUT2D eigenvalue weighted by molar-refractivity contribution is 5.67. The molecule has 0 bridgehead atoms. The minimum absolute atomic E-state index is 0.963. The number of nitrogens with zero attached hydrogens (tertiary/aromatic N) is 1. The zero-order valence-corrected chi connectivity index (χ0v) is 7.72. The molecule has 1 heterocycles. The van der Waals surface area contributed by atoms with E-state index in [0.29, 0.717) is 0 Å². The molecule has 0 atom stereocenters. The van der Waals surface area contributed by atoms with E-state index in [0.717, 1.165) is 11.3 Å². The lowest BCUT2D eigenvalue weighted by molar-refractivity contribution is 1.30. The first kappa shape index (κ1) is 8.70. The maximum Gasteiger partial charge on any atom is 0.0629 e. The monoisotopic (exact) mass is 180 g/mol. The van der Waals surface area contributed by atoms with Crippen molar-refractivity contribution >= 4 is 12.2 Å². The van der Waals surface area contributed by atoms with Gasteiger partial charge in [-0.25, -0.2) is 0 Å². The Morgan fingerprint density at radius 1 is 1.00 bits per heavy atom. The zero-order valence-electron chi connectivity index (χ0n) is 7.72. The molecule has 0 N–H and O–H groups in total. The Kier molecular flexibility index (Phi) is 2.72. The number of benzene rings is 1. The highest BCUT2D eigenvalue weighted by Crippen LogP contribution is 2.04. The third-order valence-corrected chi connectivity index (χ3v) is 1.85. The number of aromatic nitrogens is 1. The van der Waals surface area contributed by atoms with Crippen molar-refractivity contribution in [2.75, 3.05) is 0 Å². The summed E-state index contributed by atoms with van der Waals surface area (Å²) < 4.78 is 0. The molecule has 0 amide bonds. The fourth-order valence-electron chi connectivity index (χ4n) is 1.16. The van der Waals surface area contributed by atoms with Gasteiger partial charge in [0.05, 0.1) is 5.69 Å². The number of rotatable bonds is 2. The van der Waals surface area contributed by atoms with Gasteiger partial charge in [0.15, 0.2) is 0 Å². The molecule has 67 valence electrons. The molecule has 0 saturated carbocycles. The highest BCUT2D eigenvalue weighted by atomic mass is 14.6. The average molecular weight is 180 g/mol. The summed E-state index contributed by atoms with van der Waals surface area (Å²) in [6.07, 6.45) is 5.77. The van der Waals surface area contributed by atoms with Crippen molar-refractivity contribution in [2.24, 2.45) is 0 Å². The Hall–Kier alpha value is -1.89. The standard InChI is InChI=1S/C13H10N/c1-2-6-12(7-3-1)9-10-13-8-4-5-11-14-13/h1-6,8-11H/b10-9+. The summed E-state index contributed by atoms with van der Waals surface area (Å²) in [4.78, 5) is 4.19. The van der Waals surface area contributed by atoms with Crippen LogP contribution in [0.5, 0.6) is 0 Å². The van der Waals surface area contributed by atoms with Crippen molar-refractivity contribution in [1.82, 2.24) is 4.98 Å². The molecule has 0 unspecified atom stereocenters. The Morgan fingerprint density at radius 2 is 1.93 bits per heavy atom. The van der Waals surface area contributed by atoms with Gasteiger partial charge in [0, 0.05) is 6.20 Å². The van der Waals surface area contributed by atoms with Crippen LogP contribution in [0.4, 0.5) is 0 Å². The van der Waals surface area contributed by atoms with Crippen LogP contribution in [-0.2, 0) is 0 Å². The van der Waals surface area contributed by atoms with Gasteiger partial charge in [-0.2, -0.15) is 0 Å². The van der Waals surface area contributed by atoms with Crippen molar-refractivity contribution in [3.8, 4) is 0 Å². The van der Waals surface area contributed by atoms with Crippen molar-refractivity contribution in [2.45, 2.75) is 0 Å². The van der Waals surface area contributed by atoms with Crippen molar-refractivity contribution in [3.05, 3.63) is 66.0 Å². The van der Waals surface area contributed by atoms with Crippen LogP contribution in [0.2, 0.25) is 0 Å². The maximum atomic E-state index is 4.19. The molecule has 14 heavy (non-hydrogen) atoms. The normalized spacial score (nSPS) is 10.6. The summed E-state index contributed by atoms with van der Waals surface area (Å²) in [7, 11) is 0. The van der Waals surface area contributed by atoms with Crippen LogP contribution in [0.15, 0.2) is 48.7 Å². The van der Waals surface area contributed by atoms with Crippen LogP contribution in [0.1, 0.15) is 11.3 Å². The molecule has 0 aliphatic heterocycles. The highest BCUT2D eigenvalue weighted by Gasteiger charge is 1.85. The van der Waals surface area contributed by atoms with Gasteiger partial charge < -0.3 is 0 Å². The second-order valence-electron chi connectivity index (χ2n) is 2.91. The number of hydrogen-bond acceptors (Lipinski definition) is 1. The Morgan fingerprint density at radius 3 is 2.64 bits per heavy atom. The van der Waals surface area contributed by atoms with Crippen molar-refractivity contribution in [3.63, 3.8) is 0 Å². The summed E-state index contributed by atoms with van der Waals surface area (Å²) in [5.74, 6) is 0. The van der Waals surface area contributed by atoms with E-state index >= 15 is 0 Å². The SMILES string of the molecule is [c]1ccccc1/C=C/c1ccccn1. The van der Waals surface area contributed by atoms with Crippen LogP contribution < -0.4 is 0 Å². The lowest BCUT2D eigenvalue weighted by Crippen LogP contribution is -1.76. The van der Waals surface area contributed by atoms with Gasteiger partial charge in [-0.15, -0.1) is 0 Å². The Balaban J connectivity index is 2.16. The molecular formula is C13H10N. The van der Waals surface area contributed by atoms with E-state index < -0.39 is 0 Å². The minimum atomic E-state index is 0.963. The molecule has 1 aromatic heterocycles. The van der Waals surface area contributed by atoms with Crippen LogP contribution >= 0.6 is 0 Å². The van der Waals surface area contributed by atoms with Crippen LogP contribution in [0, 0.1) is 6.07 Å². The van der Waals surface area contributed by atoms with E-state index in [1.165, 1.54) is 0 Å². The lowest BCUT2D eigenvalue weighted by Gasteiger charge is -1.91. The molecule has 2 aromatic rings. The molecule has 2 rings (SSSR count). The molecule has 0 saturated heterocycles. The van der Waals surface area contributed by atoms with E-state index in [1.807, 2.05) is 54.6 Å². The van der Waals surface area contributed by atoms with Crippen molar-refractivity contribution < 1.29 is 0 Å². The first-order chi connectivity index (χ1) is 6.95. The van der Waals surface area contributed by atoms with E-state index in [9.17, 15) is 0 Å². The third kappa shape index (κ3) is 2.30. The summed E-state index contributed by atoms with van der Waals surface area (Å²) in [5, 5.41) is 0. The van der Waals surface area contributed by atoms with Crippen LogP contribution in [-0.4, -0.2) is 4.98 Å². The molecule has 1 radical (unpaired) electrons. The maximum absolute atomic E-state index is 4.19. The van der Waals surface area contributed by atoms with Gasteiger partial charge in [-0.05, 0) is 29.8 Å². The van der Waals surface area contributed by atoms with E-state index in [-0.39, 0.29) is 0 Å². The Labute approximate surface area is 83.7 Å². The molecule has 0 aliphatic carbocycles. The quantitative estimate of drug-likeness (QED) is 0.692. The van der Waals surface area contributed by atoms with Gasteiger partial charge in [0.25, 0.3) is 0 Å². The van der Waals surface area contributed by atoms with Crippen LogP contribution in [0.25, 0.3) is 12.2 Å². The predicted octanol–water partition coefficient (Wildman–Crippen LogP) is 3.05.